The Labute approximate surface area is 185 Å². The molecule has 0 saturated carbocycles. The molecule has 1 N–H and O–H groups in total. The van der Waals surface area contributed by atoms with Crippen LogP contribution in [0.4, 0.5) is 9.52 Å². The summed E-state index contributed by atoms with van der Waals surface area (Å²) in [4.78, 5) is 24.6. The lowest BCUT2D eigenvalue weighted by Crippen LogP contribution is -2.42. The Balaban J connectivity index is 1.54. The van der Waals surface area contributed by atoms with Gasteiger partial charge < -0.3 is 15.0 Å². The molecule has 1 saturated heterocycles. The van der Waals surface area contributed by atoms with Crippen molar-refractivity contribution < 1.29 is 13.9 Å². The normalized spacial score (nSPS) is 16.4. The number of nitrogens with zero attached hydrogens (tertiary/aromatic N) is 3. The van der Waals surface area contributed by atoms with Crippen LogP contribution in [0.3, 0.4) is 0 Å². The zero-order chi connectivity index (χ0) is 22.0. The molecule has 1 aliphatic heterocycles. The Morgan fingerprint density at radius 1 is 1.29 bits per heavy atom. The smallest absolute Gasteiger partial charge is 0.266 e. The molecule has 2 aromatic heterocycles. The monoisotopic (exact) mass is 440 g/mol. The fourth-order valence-electron chi connectivity index (χ4n) is 3.75. The van der Waals surface area contributed by atoms with Crippen molar-refractivity contribution in [2.24, 2.45) is 0 Å². The summed E-state index contributed by atoms with van der Waals surface area (Å²) in [7, 11) is 1.79. The second kappa shape index (κ2) is 9.11. The average Bonchev–Trinajstić information content (AvgIpc) is 3.15. The summed E-state index contributed by atoms with van der Waals surface area (Å²) in [6, 6.07) is 10.7. The Hall–Kier alpha value is -2.84. The lowest BCUT2D eigenvalue weighted by Gasteiger charge is -2.32. The summed E-state index contributed by atoms with van der Waals surface area (Å²) >= 11 is 1.36. The van der Waals surface area contributed by atoms with Crippen LogP contribution in [-0.2, 0) is 11.2 Å². The number of carbonyl (C=O) groups is 1. The first-order valence-electron chi connectivity index (χ1n) is 10.2. The summed E-state index contributed by atoms with van der Waals surface area (Å²) in [6.45, 7) is 5.14. The zero-order valence-electron chi connectivity index (χ0n) is 17.8. The minimum Gasteiger partial charge on any atom is -0.368 e. The van der Waals surface area contributed by atoms with E-state index in [1.165, 1.54) is 17.4 Å². The number of pyridine rings is 1. The molecule has 8 heteroatoms. The van der Waals surface area contributed by atoms with Crippen LogP contribution in [0.5, 0.6) is 0 Å². The standard InChI is InChI=1S/C23H25FN4O2S/c1-14-10-16(11-17-6-4-5-7-18(17)24)12-19(26-14)20-13-28(8-9-30-20)22(29)21-15(2)27-23(25-3)31-21/h4-7,10,12,20H,8-9,11,13H2,1-3H3,(H,25,27). The number of thiazole rings is 1. The number of amides is 1. The fourth-order valence-corrected chi connectivity index (χ4v) is 4.64. The van der Waals surface area contributed by atoms with Gasteiger partial charge in [0.05, 0.1) is 24.5 Å². The largest absolute Gasteiger partial charge is 0.368 e. The van der Waals surface area contributed by atoms with E-state index in [0.29, 0.717) is 36.6 Å². The molecule has 1 aromatic carbocycles. The van der Waals surface area contributed by atoms with E-state index in [0.717, 1.165) is 27.8 Å². The number of aromatic nitrogens is 2. The average molecular weight is 441 g/mol. The van der Waals surface area contributed by atoms with E-state index in [2.05, 4.69) is 15.3 Å². The third kappa shape index (κ3) is 4.75. The first kappa shape index (κ1) is 21.4. The van der Waals surface area contributed by atoms with Crippen molar-refractivity contribution in [1.29, 1.82) is 0 Å². The van der Waals surface area contributed by atoms with Gasteiger partial charge in [-0.1, -0.05) is 29.5 Å². The molecule has 1 unspecified atom stereocenters. The molecule has 1 fully saturated rings. The van der Waals surface area contributed by atoms with Crippen LogP contribution in [0.15, 0.2) is 36.4 Å². The summed E-state index contributed by atoms with van der Waals surface area (Å²) < 4.78 is 20.1. The molecule has 3 heterocycles. The van der Waals surface area contributed by atoms with Gasteiger partial charge in [-0.3, -0.25) is 9.78 Å². The van der Waals surface area contributed by atoms with Crippen LogP contribution in [0.25, 0.3) is 0 Å². The van der Waals surface area contributed by atoms with Gasteiger partial charge in [-0.05, 0) is 43.2 Å². The second-order valence-corrected chi connectivity index (χ2v) is 8.60. The maximum atomic E-state index is 14.1. The molecule has 0 aliphatic carbocycles. The molecular weight excluding hydrogens is 415 g/mol. The van der Waals surface area contributed by atoms with E-state index in [-0.39, 0.29) is 17.8 Å². The molecule has 4 rings (SSSR count). The lowest BCUT2D eigenvalue weighted by atomic mass is 10.0. The molecule has 1 atom stereocenters. The lowest BCUT2D eigenvalue weighted by molar-refractivity contribution is -0.0246. The van der Waals surface area contributed by atoms with Gasteiger partial charge in [-0.2, -0.15) is 0 Å². The molecule has 0 radical (unpaired) electrons. The molecule has 1 aliphatic rings. The molecule has 162 valence electrons. The minimum atomic E-state index is -0.325. The number of hydrogen-bond donors (Lipinski definition) is 1. The van der Waals surface area contributed by atoms with Gasteiger partial charge in [-0.25, -0.2) is 9.37 Å². The highest BCUT2D eigenvalue weighted by Crippen LogP contribution is 2.28. The van der Waals surface area contributed by atoms with Gasteiger partial charge in [0.25, 0.3) is 5.91 Å². The van der Waals surface area contributed by atoms with E-state index in [1.807, 2.05) is 32.0 Å². The quantitative estimate of drug-likeness (QED) is 0.646. The Morgan fingerprint density at radius 2 is 2.10 bits per heavy atom. The van der Waals surface area contributed by atoms with Crippen molar-refractivity contribution in [3.63, 3.8) is 0 Å². The number of aryl methyl sites for hydroxylation is 2. The van der Waals surface area contributed by atoms with Gasteiger partial charge in [-0.15, -0.1) is 0 Å². The SMILES string of the molecule is CNc1nc(C)c(C(=O)N2CCOC(c3cc(Cc4ccccc4F)cc(C)n3)C2)s1. The van der Waals surface area contributed by atoms with Crippen molar-refractivity contribution in [3.05, 3.63) is 75.3 Å². The van der Waals surface area contributed by atoms with Crippen molar-refractivity contribution in [3.8, 4) is 0 Å². The highest BCUT2D eigenvalue weighted by Gasteiger charge is 2.29. The van der Waals surface area contributed by atoms with Crippen molar-refractivity contribution in [1.82, 2.24) is 14.9 Å². The molecule has 6 nitrogen and oxygen atoms in total. The van der Waals surface area contributed by atoms with Crippen LogP contribution >= 0.6 is 11.3 Å². The molecule has 0 spiro atoms. The highest BCUT2D eigenvalue weighted by atomic mass is 32.1. The third-order valence-corrected chi connectivity index (χ3v) is 6.44. The Kier molecular flexibility index (Phi) is 6.29. The first-order chi connectivity index (χ1) is 14.9. The van der Waals surface area contributed by atoms with E-state index < -0.39 is 0 Å². The van der Waals surface area contributed by atoms with Crippen molar-refractivity contribution in [2.75, 3.05) is 32.1 Å². The second-order valence-electron chi connectivity index (χ2n) is 7.60. The van der Waals surface area contributed by atoms with E-state index in [4.69, 9.17) is 4.74 Å². The van der Waals surface area contributed by atoms with Gasteiger partial charge in [0.2, 0.25) is 0 Å². The van der Waals surface area contributed by atoms with Gasteiger partial charge >= 0.3 is 0 Å². The van der Waals surface area contributed by atoms with Gasteiger partial charge in [0, 0.05) is 25.7 Å². The van der Waals surface area contributed by atoms with E-state index >= 15 is 0 Å². The topological polar surface area (TPSA) is 67.4 Å². The van der Waals surface area contributed by atoms with Crippen LogP contribution < -0.4 is 5.32 Å². The predicted octanol–water partition coefficient (Wildman–Crippen LogP) is 4.14. The zero-order valence-corrected chi connectivity index (χ0v) is 18.6. The molecule has 0 bridgehead atoms. The molecular formula is C23H25FN4O2S. The third-order valence-electron chi connectivity index (χ3n) is 5.27. The van der Waals surface area contributed by atoms with Gasteiger partial charge in [0.15, 0.2) is 5.13 Å². The van der Waals surface area contributed by atoms with E-state index in [9.17, 15) is 9.18 Å². The highest BCUT2D eigenvalue weighted by molar-refractivity contribution is 7.17. The number of rotatable bonds is 5. The number of carbonyl (C=O) groups excluding carboxylic acids is 1. The fraction of sp³-hybridized carbons (Fsp3) is 0.348. The van der Waals surface area contributed by atoms with Gasteiger partial charge in [0.1, 0.15) is 16.8 Å². The number of halogens is 1. The van der Waals surface area contributed by atoms with Crippen LogP contribution in [0, 0.1) is 19.7 Å². The summed E-state index contributed by atoms with van der Waals surface area (Å²) in [5.41, 5.74) is 3.94. The number of morpholine rings is 1. The summed E-state index contributed by atoms with van der Waals surface area (Å²) in [5.74, 6) is -0.255. The van der Waals surface area contributed by atoms with Crippen LogP contribution in [0.2, 0.25) is 0 Å². The summed E-state index contributed by atoms with van der Waals surface area (Å²) in [6.07, 6.45) is 0.152. The number of hydrogen-bond acceptors (Lipinski definition) is 6. The van der Waals surface area contributed by atoms with Crippen molar-refractivity contribution in [2.45, 2.75) is 26.4 Å². The summed E-state index contributed by atoms with van der Waals surface area (Å²) in [5, 5.41) is 3.72. The number of benzene rings is 1. The molecule has 1 amide bonds. The van der Waals surface area contributed by atoms with Crippen LogP contribution in [-0.4, -0.2) is 47.5 Å². The van der Waals surface area contributed by atoms with Crippen molar-refractivity contribution >= 4 is 22.4 Å². The first-order valence-corrected chi connectivity index (χ1v) is 11.0. The molecule has 3 aromatic rings. The van der Waals surface area contributed by atoms with Crippen LogP contribution in [0.1, 0.15) is 44.0 Å². The maximum absolute atomic E-state index is 14.1. The van der Waals surface area contributed by atoms with E-state index in [1.54, 1.807) is 24.1 Å². The Bertz CT molecular complexity index is 1100. The maximum Gasteiger partial charge on any atom is 0.266 e. The molecule has 31 heavy (non-hydrogen) atoms. The number of anilines is 1. The Morgan fingerprint density at radius 3 is 2.84 bits per heavy atom. The predicted molar refractivity (Wildman–Crippen MR) is 119 cm³/mol. The number of nitrogens with one attached hydrogen (secondary N) is 1. The number of ether oxygens (including phenoxy) is 1. The minimum absolute atomic E-state index is 0.0379.